The zero-order valence-corrected chi connectivity index (χ0v) is 11.3. The molecule has 1 amide bonds. The lowest BCUT2D eigenvalue weighted by molar-refractivity contribution is 0.103. The second kappa shape index (κ2) is 5.21. The molecule has 2 nitrogen and oxygen atoms in total. The molecular formula is C15H8F3NOS. The standard InChI is InChI=1S/C15H8F3NOS/c16-8-4-5-12(11(18)6-8)19-15(20)14-7-9-10(17)2-1-3-13(9)21-14/h1-7H,(H,19,20). The van der Waals surface area contributed by atoms with Crippen molar-refractivity contribution in [3.05, 3.63) is 64.8 Å². The summed E-state index contributed by atoms with van der Waals surface area (Å²) in [5.41, 5.74) is -0.126. The van der Waals surface area contributed by atoms with Gasteiger partial charge in [0.15, 0.2) is 0 Å². The van der Waals surface area contributed by atoms with Crippen LogP contribution in [0.3, 0.4) is 0 Å². The molecule has 0 aliphatic carbocycles. The molecule has 2 aromatic carbocycles. The Morgan fingerprint density at radius 2 is 1.81 bits per heavy atom. The van der Waals surface area contributed by atoms with Crippen molar-refractivity contribution in [3.63, 3.8) is 0 Å². The summed E-state index contributed by atoms with van der Waals surface area (Å²) in [6.07, 6.45) is 0. The fraction of sp³-hybridized carbons (Fsp3) is 0. The van der Waals surface area contributed by atoms with Gasteiger partial charge in [0.05, 0.1) is 10.6 Å². The fourth-order valence-electron chi connectivity index (χ4n) is 1.91. The van der Waals surface area contributed by atoms with E-state index in [2.05, 4.69) is 5.32 Å². The van der Waals surface area contributed by atoms with Gasteiger partial charge in [-0.25, -0.2) is 13.2 Å². The third-order valence-corrected chi connectivity index (χ3v) is 4.01. The molecule has 106 valence electrons. The minimum Gasteiger partial charge on any atom is -0.319 e. The monoisotopic (exact) mass is 307 g/mol. The molecule has 0 fully saturated rings. The van der Waals surface area contributed by atoms with Crippen molar-refractivity contribution in [2.24, 2.45) is 0 Å². The number of hydrogen-bond acceptors (Lipinski definition) is 2. The highest BCUT2D eigenvalue weighted by Crippen LogP contribution is 2.28. The van der Waals surface area contributed by atoms with Crippen molar-refractivity contribution in [2.45, 2.75) is 0 Å². The van der Waals surface area contributed by atoms with Gasteiger partial charge in [-0.3, -0.25) is 4.79 Å². The zero-order valence-electron chi connectivity index (χ0n) is 10.5. The number of halogens is 3. The van der Waals surface area contributed by atoms with E-state index < -0.39 is 23.4 Å². The van der Waals surface area contributed by atoms with Crippen molar-refractivity contribution in [1.29, 1.82) is 0 Å². The lowest BCUT2D eigenvalue weighted by Gasteiger charge is -2.04. The number of carbonyl (C=O) groups excluding carboxylic acids is 1. The Morgan fingerprint density at radius 1 is 1.00 bits per heavy atom. The molecule has 1 aromatic heterocycles. The number of carbonyl (C=O) groups is 1. The van der Waals surface area contributed by atoms with Crippen molar-refractivity contribution in [3.8, 4) is 0 Å². The number of nitrogens with one attached hydrogen (secondary N) is 1. The number of benzene rings is 2. The third kappa shape index (κ3) is 2.62. The van der Waals surface area contributed by atoms with Crippen molar-refractivity contribution < 1.29 is 18.0 Å². The molecule has 3 rings (SSSR count). The quantitative estimate of drug-likeness (QED) is 0.738. The molecule has 3 aromatic rings. The van der Waals surface area contributed by atoms with Crippen LogP contribution in [0.25, 0.3) is 10.1 Å². The highest BCUT2D eigenvalue weighted by molar-refractivity contribution is 7.20. The van der Waals surface area contributed by atoms with Gasteiger partial charge in [0.2, 0.25) is 0 Å². The molecule has 0 aliphatic rings. The maximum Gasteiger partial charge on any atom is 0.265 e. The van der Waals surface area contributed by atoms with E-state index in [-0.39, 0.29) is 10.6 Å². The van der Waals surface area contributed by atoms with E-state index in [0.29, 0.717) is 16.2 Å². The number of hydrogen-bond donors (Lipinski definition) is 1. The summed E-state index contributed by atoms with van der Waals surface area (Å²) in [5.74, 6) is -2.58. The van der Waals surface area contributed by atoms with Gasteiger partial charge in [-0.05, 0) is 30.3 Å². The lowest BCUT2D eigenvalue weighted by atomic mass is 10.2. The third-order valence-electron chi connectivity index (χ3n) is 2.91. The first-order valence-corrected chi connectivity index (χ1v) is 6.81. The SMILES string of the molecule is O=C(Nc1ccc(F)cc1F)c1cc2c(F)cccc2s1. The van der Waals surface area contributed by atoms with E-state index in [1.54, 1.807) is 12.1 Å². The Morgan fingerprint density at radius 3 is 2.52 bits per heavy atom. The minimum atomic E-state index is -0.865. The van der Waals surface area contributed by atoms with Crippen LogP contribution in [-0.4, -0.2) is 5.91 Å². The second-order valence-electron chi connectivity index (χ2n) is 4.34. The molecule has 21 heavy (non-hydrogen) atoms. The number of anilines is 1. The van der Waals surface area contributed by atoms with Gasteiger partial charge in [-0.15, -0.1) is 11.3 Å². The average molecular weight is 307 g/mol. The highest BCUT2D eigenvalue weighted by Gasteiger charge is 2.14. The van der Waals surface area contributed by atoms with Crippen LogP contribution < -0.4 is 5.32 Å². The number of fused-ring (bicyclic) bond motifs is 1. The fourth-order valence-corrected chi connectivity index (χ4v) is 2.88. The average Bonchev–Trinajstić information content (AvgIpc) is 2.87. The summed E-state index contributed by atoms with van der Waals surface area (Å²) in [6, 6.07) is 8.82. The first-order chi connectivity index (χ1) is 10.0. The van der Waals surface area contributed by atoms with E-state index in [9.17, 15) is 18.0 Å². The minimum absolute atomic E-state index is 0.126. The van der Waals surface area contributed by atoms with Gasteiger partial charge >= 0.3 is 0 Å². The molecule has 0 saturated heterocycles. The lowest BCUT2D eigenvalue weighted by Crippen LogP contribution is -2.11. The summed E-state index contributed by atoms with van der Waals surface area (Å²) < 4.78 is 40.5. The Hall–Kier alpha value is -2.34. The summed E-state index contributed by atoms with van der Waals surface area (Å²) >= 11 is 1.10. The molecule has 1 N–H and O–H groups in total. The Kier molecular flexibility index (Phi) is 3.39. The van der Waals surface area contributed by atoms with E-state index in [1.807, 2.05) is 0 Å². The van der Waals surface area contributed by atoms with Crippen molar-refractivity contribution in [2.75, 3.05) is 5.32 Å². The molecule has 1 heterocycles. The van der Waals surface area contributed by atoms with Crippen LogP contribution >= 0.6 is 11.3 Å². The summed E-state index contributed by atoms with van der Waals surface area (Å²) in [7, 11) is 0. The van der Waals surface area contributed by atoms with Crippen LogP contribution in [-0.2, 0) is 0 Å². The van der Waals surface area contributed by atoms with Crippen LogP contribution in [0.5, 0.6) is 0 Å². The van der Waals surface area contributed by atoms with E-state index in [1.165, 1.54) is 12.1 Å². The van der Waals surface area contributed by atoms with E-state index in [0.717, 1.165) is 23.5 Å². The molecule has 0 radical (unpaired) electrons. The maximum absolute atomic E-state index is 13.6. The smallest absolute Gasteiger partial charge is 0.265 e. The first-order valence-electron chi connectivity index (χ1n) is 5.99. The summed E-state index contributed by atoms with van der Waals surface area (Å²) in [6.45, 7) is 0. The van der Waals surface area contributed by atoms with E-state index in [4.69, 9.17) is 0 Å². The van der Waals surface area contributed by atoms with Crippen molar-refractivity contribution >= 4 is 33.0 Å². The largest absolute Gasteiger partial charge is 0.319 e. The molecular weight excluding hydrogens is 299 g/mol. The predicted octanol–water partition coefficient (Wildman–Crippen LogP) is 4.57. The second-order valence-corrected chi connectivity index (χ2v) is 5.42. The van der Waals surface area contributed by atoms with Crippen LogP contribution in [0.15, 0.2) is 42.5 Å². The number of thiophene rings is 1. The van der Waals surface area contributed by atoms with Gasteiger partial charge in [-0.2, -0.15) is 0 Å². The maximum atomic E-state index is 13.6. The molecule has 0 unspecified atom stereocenters. The normalized spacial score (nSPS) is 10.8. The zero-order chi connectivity index (χ0) is 15.0. The Balaban J connectivity index is 1.92. The molecule has 0 spiro atoms. The predicted molar refractivity (Wildman–Crippen MR) is 76.1 cm³/mol. The summed E-state index contributed by atoms with van der Waals surface area (Å²) in [4.78, 5) is 12.3. The number of amides is 1. The van der Waals surface area contributed by atoms with Gasteiger partial charge in [-0.1, -0.05) is 6.07 Å². The van der Waals surface area contributed by atoms with E-state index >= 15 is 0 Å². The van der Waals surface area contributed by atoms with Gasteiger partial charge < -0.3 is 5.32 Å². The molecule has 0 aliphatic heterocycles. The molecule has 6 heteroatoms. The topological polar surface area (TPSA) is 29.1 Å². The Labute approximate surface area is 121 Å². The summed E-state index contributed by atoms with van der Waals surface area (Å²) in [5, 5.41) is 2.68. The molecule has 0 saturated carbocycles. The van der Waals surface area contributed by atoms with Crippen LogP contribution in [0.4, 0.5) is 18.9 Å². The highest BCUT2D eigenvalue weighted by atomic mass is 32.1. The van der Waals surface area contributed by atoms with Gasteiger partial charge in [0.25, 0.3) is 5.91 Å². The molecule has 0 atom stereocenters. The Bertz CT molecular complexity index is 844. The van der Waals surface area contributed by atoms with Crippen LogP contribution in [0, 0.1) is 17.5 Å². The van der Waals surface area contributed by atoms with Gasteiger partial charge in [0.1, 0.15) is 17.5 Å². The van der Waals surface area contributed by atoms with Crippen molar-refractivity contribution in [1.82, 2.24) is 0 Å². The first kappa shape index (κ1) is 13.6. The van der Waals surface area contributed by atoms with Crippen LogP contribution in [0.2, 0.25) is 0 Å². The van der Waals surface area contributed by atoms with Gasteiger partial charge in [0, 0.05) is 16.2 Å². The number of rotatable bonds is 2. The van der Waals surface area contributed by atoms with Crippen LogP contribution in [0.1, 0.15) is 9.67 Å². The molecule has 0 bridgehead atoms.